The topological polar surface area (TPSA) is 17.1 Å². The SMILES string of the molecule is C=C1C(=O)CC=C1CCC. The van der Waals surface area contributed by atoms with Crippen molar-refractivity contribution in [2.75, 3.05) is 0 Å². The molecule has 0 spiro atoms. The average molecular weight is 136 g/mol. The molecule has 0 amide bonds. The molecule has 1 rings (SSSR count). The van der Waals surface area contributed by atoms with Crippen LogP contribution in [0.25, 0.3) is 0 Å². The van der Waals surface area contributed by atoms with Crippen molar-refractivity contribution in [3.05, 3.63) is 23.8 Å². The van der Waals surface area contributed by atoms with E-state index in [4.69, 9.17) is 0 Å². The molecule has 0 aromatic rings. The summed E-state index contributed by atoms with van der Waals surface area (Å²) in [5.41, 5.74) is 1.90. The molecule has 0 fully saturated rings. The van der Waals surface area contributed by atoms with Gasteiger partial charge in [0.15, 0.2) is 5.78 Å². The number of ketones is 1. The van der Waals surface area contributed by atoms with Gasteiger partial charge in [-0.3, -0.25) is 4.79 Å². The molecule has 0 saturated carbocycles. The van der Waals surface area contributed by atoms with Gasteiger partial charge in [-0.25, -0.2) is 0 Å². The fraction of sp³-hybridized carbons (Fsp3) is 0.444. The molecule has 0 aromatic heterocycles. The average Bonchev–Trinajstić information content (AvgIpc) is 2.20. The van der Waals surface area contributed by atoms with Gasteiger partial charge in [-0.05, 0) is 12.0 Å². The van der Waals surface area contributed by atoms with Gasteiger partial charge in [0.25, 0.3) is 0 Å². The van der Waals surface area contributed by atoms with E-state index in [0.29, 0.717) is 6.42 Å². The molecule has 0 saturated heterocycles. The molecule has 0 radical (unpaired) electrons. The first-order chi connectivity index (χ1) is 4.75. The molecule has 54 valence electrons. The Balaban J connectivity index is 2.63. The largest absolute Gasteiger partial charge is 0.294 e. The van der Waals surface area contributed by atoms with Gasteiger partial charge in [0.2, 0.25) is 0 Å². The summed E-state index contributed by atoms with van der Waals surface area (Å²) in [5, 5.41) is 0. The predicted molar refractivity (Wildman–Crippen MR) is 41.8 cm³/mol. The van der Waals surface area contributed by atoms with Gasteiger partial charge in [0, 0.05) is 12.0 Å². The lowest BCUT2D eigenvalue weighted by molar-refractivity contribution is -0.114. The van der Waals surface area contributed by atoms with Crippen molar-refractivity contribution in [3.63, 3.8) is 0 Å². The van der Waals surface area contributed by atoms with Crippen LogP contribution in [0.5, 0.6) is 0 Å². The molecule has 0 atom stereocenters. The van der Waals surface area contributed by atoms with Crippen molar-refractivity contribution in [2.24, 2.45) is 0 Å². The van der Waals surface area contributed by atoms with E-state index in [2.05, 4.69) is 13.5 Å². The van der Waals surface area contributed by atoms with Gasteiger partial charge in [-0.1, -0.05) is 26.0 Å². The Hall–Kier alpha value is -0.850. The van der Waals surface area contributed by atoms with Crippen molar-refractivity contribution >= 4 is 5.78 Å². The second-order valence-corrected chi connectivity index (χ2v) is 2.59. The second-order valence-electron chi connectivity index (χ2n) is 2.59. The Bertz CT molecular complexity index is 199. The first-order valence-electron chi connectivity index (χ1n) is 3.67. The van der Waals surface area contributed by atoms with Crippen LogP contribution in [0.2, 0.25) is 0 Å². The van der Waals surface area contributed by atoms with Crippen LogP contribution in [0.4, 0.5) is 0 Å². The zero-order valence-corrected chi connectivity index (χ0v) is 6.31. The molecule has 1 aliphatic carbocycles. The summed E-state index contributed by atoms with van der Waals surface area (Å²) in [6.45, 7) is 5.83. The Morgan fingerprint density at radius 3 is 2.80 bits per heavy atom. The van der Waals surface area contributed by atoms with E-state index in [-0.39, 0.29) is 5.78 Å². The van der Waals surface area contributed by atoms with Crippen molar-refractivity contribution in [1.82, 2.24) is 0 Å². The highest BCUT2D eigenvalue weighted by atomic mass is 16.1. The molecule has 1 heteroatoms. The highest BCUT2D eigenvalue weighted by Crippen LogP contribution is 2.23. The fourth-order valence-electron chi connectivity index (χ4n) is 1.16. The van der Waals surface area contributed by atoms with Gasteiger partial charge in [0.05, 0.1) is 0 Å². The molecule has 0 aromatic carbocycles. The zero-order valence-electron chi connectivity index (χ0n) is 6.31. The maximum absolute atomic E-state index is 10.9. The number of hydrogen-bond acceptors (Lipinski definition) is 1. The van der Waals surface area contributed by atoms with E-state index < -0.39 is 0 Å². The van der Waals surface area contributed by atoms with Gasteiger partial charge < -0.3 is 0 Å². The van der Waals surface area contributed by atoms with E-state index in [1.54, 1.807) is 0 Å². The van der Waals surface area contributed by atoms with E-state index in [0.717, 1.165) is 24.0 Å². The molecule has 1 nitrogen and oxygen atoms in total. The van der Waals surface area contributed by atoms with Crippen LogP contribution < -0.4 is 0 Å². The Kier molecular flexibility index (Phi) is 2.05. The van der Waals surface area contributed by atoms with E-state index in [1.165, 1.54) is 0 Å². The standard InChI is InChI=1S/C9H12O/c1-3-4-8-5-6-9(10)7(8)2/h5H,2-4,6H2,1H3. The molecular formula is C9H12O. The molecule has 0 heterocycles. The maximum atomic E-state index is 10.9. The van der Waals surface area contributed by atoms with Crippen molar-refractivity contribution in [3.8, 4) is 0 Å². The molecule has 0 unspecified atom stereocenters. The summed E-state index contributed by atoms with van der Waals surface area (Å²) < 4.78 is 0. The summed E-state index contributed by atoms with van der Waals surface area (Å²) in [7, 11) is 0. The quantitative estimate of drug-likeness (QED) is 0.532. The molecule has 10 heavy (non-hydrogen) atoms. The number of carbonyl (C=O) groups excluding carboxylic acids is 1. The zero-order chi connectivity index (χ0) is 7.56. The van der Waals surface area contributed by atoms with E-state index >= 15 is 0 Å². The molecule has 1 aliphatic rings. The second kappa shape index (κ2) is 2.82. The third-order valence-corrected chi connectivity index (χ3v) is 1.78. The predicted octanol–water partition coefficient (Wildman–Crippen LogP) is 2.24. The summed E-state index contributed by atoms with van der Waals surface area (Å²) in [6.07, 6.45) is 4.67. The van der Waals surface area contributed by atoms with E-state index in [9.17, 15) is 4.79 Å². The normalized spacial score (nSPS) is 17.9. The van der Waals surface area contributed by atoms with Crippen LogP contribution in [0.3, 0.4) is 0 Å². The Morgan fingerprint density at radius 1 is 1.70 bits per heavy atom. The lowest BCUT2D eigenvalue weighted by atomic mass is 10.1. The highest BCUT2D eigenvalue weighted by molar-refractivity contribution is 6.02. The van der Waals surface area contributed by atoms with Gasteiger partial charge in [-0.2, -0.15) is 0 Å². The van der Waals surface area contributed by atoms with Gasteiger partial charge >= 0.3 is 0 Å². The highest BCUT2D eigenvalue weighted by Gasteiger charge is 2.16. The first-order valence-corrected chi connectivity index (χ1v) is 3.67. The Morgan fingerprint density at radius 2 is 2.40 bits per heavy atom. The number of allylic oxidation sites excluding steroid dienone is 3. The molecule has 0 N–H and O–H groups in total. The Labute approximate surface area is 61.4 Å². The minimum Gasteiger partial charge on any atom is -0.294 e. The molecule has 0 bridgehead atoms. The number of rotatable bonds is 2. The number of Topliss-reactive ketones (excluding diaryl/α,β-unsaturated/α-hetero) is 1. The van der Waals surface area contributed by atoms with E-state index in [1.807, 2.05) is 6.08 Å². The maximum Gasteiger partial charge on any atom is 0.166 e. The van der Waals surface area contributed by atoms with Crippen LogP contribution in [0.1, 0.15) is 26.2 Å². The van der Waals surface area contributed by atoms with Crippen LogP contribution >= 0.6 is 0 Å². The first kappa shape index (κ1) is 7.26. The lowest BCUT2D eigenvalue weighted by Gasteiger charge is -1.97. The summed E-state index contributed by atoms with van der Waals surface area (Å²) >= 11 is 0. The molecule has 0 aliphatic heterocycles. The van der Waals surface area contributed by atoms with Crippen LogP contribution in [0.15, 0.2) is 23.8 Å². The van der Waals surface area contributed by atoms with Crippen molar-refractivity contribution in [1.29, 1.82) is 0 Å². The smallest absolute Gasteiger partial charge is 0.166 e. The fourth-order valence-corrected chi connectivity index (χ4v) is 1.16. The summed E-state index contributed by atoms with van der Waals surface area (Å²) in [5.74, 6) is 0.198. The number of hydrogen-bond donors (Lipinski definition) is 0. The third-order valence-electron chi connectivity index (χ3n) is 1.78. The third kappa shape index (κ3) is 1.18. The van der Waals surface area contributed by atoms with Crippen molar-refractivity contribution in [2.45, 2.75) is 26.2 Å². The minimum absolute atomic E-state index is 0.198. The monoisotopic (exact) mass is 136 g/mol. The summed E-state index contributed by atoms with van der Waals surface area (Å²) in [6, 6.07) is 0. The van der Waals surface area contributed by atoms with Crippen LogP contribution in [0, 0.1) is 0 Å². The molecular weight excluding hydrogens is 124 g/mol. The van der Waals surface area contributed by atoms with Crippen LogP contribution in [-0.4, -0.2) is 5.78 Å². The van der Waals surface area contributed by atoms with Gasteiger partial charge in [0.1, 0.15) is 0 Å². The summed E-state index contributed by atoms with van der Waals surface area (Å²) in [4.78, 5) is 10.9. The minimum atomic E-state index is 0.198. The number of carbonyl (C=O) groups is 1. The van der Waals surface area contributed by atoms with Gasteiger partial charge in [-0.15, -0.1) is 0 Å². The lowest BCUT2D eigenvalue weighted by Crippen LogP contribution is -1.93. The van der Waals surface area contributed by atoms with Crippen LogP contribution in [-0.2, 0) is 4.79 Å². The van der Waals surface area contributed by atoms with Crippen molar-refractivity contribution < 1.29 is 4.79 Å².